The maximum absolute atomic E-state index is 9.18. The van der Waals surface area contributed by atoms with E-state index < -0.39 is 12.2 Å². The Morgan fingerprint density at radius 1 is 1.50 bits per heavy atom. The minimum Gasteiger partial charge on any atom is -0.386 e. The number of rotatable bonds is 0. The third-order valence-corrected chi connectivity index (χ3v) is 3.16. The summed E-state index contributed by atoms with van der Waals surface area (Å²) in [5, 5.41) is 18.2. The van der Waals surface area contributed by atoms with E-state index in [1.165, 1.54) is 0 Å². The van der Waals surface area contributed by atoms with Crippen molar-refractivity contribution in [2.24, 2.45) is 0 Å². The smallest absolute Gasteiger partial charge is 0.115 e. The van der Waals surface area contributed by atoms with Crippen molar-refractivity contribution in [3.63, 3.8) is 0 Å². The van der Waals surface area contributed by atoms with Gasteiger partial charge in [0, 0.05) is 8.48 Å². The van der Waals surface area contributed by atoms with E-state index in [9.17, 15) is 5.11 Å². The maximum atomic E-state index is 9.18. The maximum Gasteiger partial charge on any atom is 0.115 e. The summed E-state index contributed by atoms with van der Waals surface area (Å²) in [7, 11) is 0. The van der Waals surface area contributed by atoms with Crippen LogP contribution in [0.25, 0.3) is 0 Å². The minimum atomic E-state index is -0.847. The zero-order valence-electron chi connectivity index (χ0n) is 5.03. The lowest BCUT2D eigenvalue weighted by Gasteiger charge is -2.19. The molecule has 0 aliphatic heterocycles. The summed E-state index contributed by atoms with van der Waals surface area (Å²) in [5.41, 5.74) is 0. The molecule has 0 radical (unpaired) electrons. The van der Waals surface area contributed by atoms with Gasteiger partial charge in [-0.05, 0) is 28.7 Å². The highest BCUT2D eigenvalue weighted by atomic mass is 127. The molecule has 0 aromatic carbocycles. The van der Waals surface area contributed by atoms with Crippen molar-refractivity contribution in [1.82, 2.24) is 0 Å². The van der Waals surface area contributed by atoms with Crippen LogP contribution in [0.1, 0.15) is 0 Å². The number of allylic oxidation sites excluding steroid dienone is 2. The summed E-state index contributed by atoms with van der Waals surface area (Å²) in [6, 6.07) is 0. The quantitative estimate of drug-likeness (QED) is 0.451. The van der Waals surface area contributed by atoms with Crippen LogP contribution in [0.3, 0.4) is 0 Å². The molecule has 0 spiro atoms. The molecule has 1 aliphatic rings. The van der Waals surface area contributed by atoms with Gasteiger partial charge in [0.1, 0.15) is 12.2 Å². The van der Waals surface area contributed by atoms with Crippen molar-refractivity contribution in [3.05, 3.63) is 20.6 Å². The number of aliphatic hydroxyl groups is 2. The fourth-order valence-corrected chi connectivity index (χ4v) is 1.43. The lowest BCUT2D eigenvalue weighted by Crippen LogP contribution is -2.26. The molecule has 2 nitrogen and oxygen atoms in total. The summed E-state index contributed by atoms with van der Waals surface area (Å²) < 4.78 is 0.874. The highest BCUT2D eigenvalue weighted by Gasteiger charge is 2.21. The van der Waals surface area contributed by atoms with Crippen LogP contribution in [0.2, 0.25) is 0 Å². The van der Waals surface area contributed by atoms with E-state index in [2.05, 4.69) is 35.2 Å². The molecule has 0 aromatic heterocycles. The van der Waals surface area contributed by atoms with Gasteiger partial charge in [-0.1, -0.05) is 6.08 Å². The molecule has 0 fully saturated rings. The largest absolute Gasteiger partial charge is 0.386 e. The molecule has 10 heavy (non-hydrogen) atoms. The number of hydrogen-bond acceptors (Lipinski definition) is 3. The Morgan fingerprint density at radius 3 is 2.60 bits per heavy atom. The summed E-state index contributed by atoms with van der Waals surface area (Å²) in [6.07, 6.45) is 1.64. The van der Waals surface area contributed by atoms with E-state index in [0.717, 1.165) is 3.58 Å². The van der Waals surface area contributed by atoms with Gasteiger partial charge in [-0.2, -0.15) is 0 Å². The first-order chi connectivity index (χ1) is 4.63. The Morgan fingerprint density at radius 2 is 2.10 bits per heavy atom. The van der Waals surface area contributed by atoms with Gasteiger partial charge in [0.05, 0.1) is 0 Å². The van der Waals surface area contributed by atoms with Crippen LogP contribution >= 0.6 is 35.2 Å². The monoisotopic (exact) mass is 270 g/mol. The van der Waals surface area contributed by atoms with Gasteiger partial charge in [0.2, 0.25) is 0 Å². The molecule has 0 saturated carbocycles. The van der Waals surface area contributed by atoms with Crippen LogP contribution in [0.5, 0.6) is 0 Å². The third-order valence-electron chi connectivity index (χ3n) is 1.29. The Hall–Kier alpha value is 0.480. The van der Waals surface area contributed by atoms with Crippen molar-refractivity contribution in [2.45, 2.75) is 12.2 Å². The zero-order valence-corrected chi connectivity index (χ0v) is 8.08. The van der Waals surface area contributed by atoms with Gasteiger partial charge in [-0.15, -0.1) is 12.6 Å². The van der Waals surface area contributed by atoms with E-state index in [4.69, 9.17) is 5.11 Å². The van der Waals surface area contributed by atoms with Gasteiger partial charge < -0.3 is 10.2 Å². The standard InChI is InChI=1S/C6H7IO2S/c7-3-1-2-4(8)5(9)6(3)10/h1-2,4-5,8-10H/t4-,5-/m1/s1. The number of halogens is 1. The molecule has 0 amide bonds. The summed E-state index contributed by atoms with van der Waals surface area (Å²) >= 11 is 6.07. The van der Waals surface area contributed by atoms with E-state index in [1.807, 2.05) is 0 Å². The molecule has 56 valence electrons. The molecule has 0 heterocycles. The fourth-order valence-electron chi connectivity index (χ4n) is 0.677. The molecule has 4 heteroatoms. The van der Waals surface area contributed by atoms with E-state index in [0.29, 0.717) is 4.91 Å². The molecular weight excluding hydrogens is 263 g/mol. The van der Waals surface area contributed by atoms with Crippen LogP contribution in [-0.4, -0.2) is 22.4 Å². The molecule has 1 aliphatic carbocycles. The average Bonchev–Trinajstić information content (AvgIpc) is 1.93. The van der Waals surface area contributed by atoms with Gasteiger partial charge in [-0.25, -0.2) is 0 Å². The first kappa shape index (κ1) is 8.58. The lowest BCUT2D eigenvalue weighted by atomic mass is 10.1. The van der Waals surface area contributed by atoms with Crippen molar-refractivity contribution < 1.29 is 10.2 Å². The molecular formula is C6H7IO2S. The molecule has 1 rings (SSSR count). The average molecular weight is 270 g/mol. The third kappa shape index (κ3) is 1.55. The predicted molar refractivity (Wildman–Crippen MR) is 51.2 cm³/mol. The highest BCUT2D eigenvalue weighted by Crippen LogP contribution is 2.26. The topological polar surface area (TPSA) is 40.5 Å². The lowest BCUT2D eigenvalue weighted by molar-refractivity contribution is 0.0770. The second kappa shape index (κ2) is 3.25. The van der Waals surface area contributed by atoms with Gasteiger partial charge in [-0.3, -0.25) is 0 Å². The summed E-state index contributed by atoms with van der Waals surface area (Å²) in [6.45, 7) is 0. The molecule has 0 unspecified atom stereocenters. The number of thiol groups is 1. The van der Waals surface area contributed by atoms with Crippen molar-refractivity contribution >= 4 is 35.2 Å². The normalized spacial score (nSPS) is 33.2. The fraction of sp³-hybridized carbons (Fsp3) is 0.333. The van der Waals surface area contributed by atoms with Crippen LogP contribution in [0.15, 0.2) is 20.6 Å². The predicted octanol–water partition coefficient (Wildman–Crippen LogP) is 0.854. The second-order valence-corrected chi connectivity index (χ2v) is 3.67. The minimum absolute atomic E-state index is 0.538. The first-order valence-electron chi connectivity index (χ1n) is 2.76. The molecule has 0 aromatic rings. The Bertz CT molecular complexity index is 200. The van der Waals surface area contributed by atoms with Gasteiger partial charge in [0.25, 0.3) is 0 Å². The summed E-state index contributed by atoms with van der Waals surface area (Å²) in [4.78, 5) is 0.538. The number of hydrogen-bond donors (Lipinski definition) is 3. The van der Waals surface area contributed by atoms with Crippen LogP contribution < -0.4 is 0 Å². The Labute approximate surface area is 78.2 Å². The van der Waals surface area contributed by atoms with Gasteiger partial charge >= 0.3 is 0 Å². The summed E-state index contributed by atoms with van der Waals surface area (Å²) in [5.74, 6) is 0. The Balaban J connectivity index is 2.88. The molecule has 0 saturated heterocycles. The van der Waals surface area contributed by atoms with E-state index >= 15 is 0 Å². The van der Waals surface area contributed by atoms with Gasteiger partial charge in [0.15, 0.2) is 0 Å². The van der Waals surface area contributed by atoms with E-state index in [-0.39, 0.29) is 0 Å². The SMILES string of the molecule is O[C@@H]1C=CC(I)=C(S)[C@@H]1O. The first-order valence-corrected chi connectivity index (χ1v) is 4.28. The van der Waals surface area contributed by atoms with Crippen LogP contribution in [0, 0.1) is 0 Å². The van der Waals surface area contributed by atoms with Crippen LogP contribution in [0.4, 0.5) is 0 Å². The number of aliphatic hydroxyl groups excluding tert-OH is 2. The molecule has 2 N–H and O–H groups in total. The zero-order chi connectivity index (χ0) is 7.72. The van der Waals surface area contributed by atoms with Crippen molar-refractivity contribution in [1.29, 1.82) is 0 Å². The molecule has 0 bridgehead atoms. The van der Waals surface area contributed by atoms with Crippen LogP contribution in [-0.2, 0) is 0 Å². The van der Waals surface area contributed by atoms with Crippen molar-refractivity contribution in [3.8, 4) is 0 Å². The second-order valence-electron chi connectivity index (χ2n) is 2.03. The van der Waals surface area contributed by atoms with Crippen molar-refractivity contribution in [2.75, 3.05) is 0 Å². The Kier molecular flexibility index (Phi) is 2.79. The molecule has 2 atom stereocenters. The van der Waals surface area contributed by atoms with E-state index in [1.54, 1.807) is 12.2 Å². The highest BCUT2D eigenvalue weighted by molar-refractivity contribution is 14.1.